The lowest BCUT2D eigenvalue weighted by atomic mass is 10.1. The molecule has 3 aromatic carbocycles. The van der Waals surface area contributed by atoms with Crippen molar-refractivity contribution < 1.29 is 18.0 Å². The monoisotopic (exact) mass is 603 g/mol. The summed E-state index contributed by atoms with van der Waals surface area (Å²) in [6.45, 7) is 7.46. The average Bonchev–Trinajstić information content (AvgIpc) is 2.94. The van der Waals surface area contributed by atoms with E-state index in [1.165, 1.54) is 17.0 Å². The summed E-state index contributed by atoms with van der Waals surface area (Å²) >= 11 is 12.3. The summed E-state index contributed by atoms with van der Waals surface area (Å²) in [7, 11) is -4.13. The molecule has 0 fully saturated rings. The Morgan fingerprint density at radius 3 is 2.25 bits per heavy atom. The molecule has 0 radical (unpaired) electrons. The van der Waals surface area contributed by atoms with Gasteiger partial charge in [0.1, 0.15) is 12.6 Å². The van der Waals surface area contributed by atoms with Crippen LogP contribution in [-0.4, -0.2) is 44.3 Å². The highest BCUT2D eigenvalue weighted by molar-refractivity contribution is 7.92. The molecule has 0 saturated heterocycles. The number of carbonyl (C=O) groups is 2. The van der Waals surface area contributed by atoms with E-state index >= 15 is 0 Å². The fourth-order valence-electron chi connectivity index (χ4n) is 4.36. The molecule has 0 spiro atoms. The largest absolute Gasteiger partial charge is 0.354 e. The highest BCUT2D eigenvalue weighted by atomic mass is 35.5. The second-order valence-corrected chi connectivity index (χ2v) is 12.2. The second kappa shape index (κ2) is 14.0. The van der Waals surface area contributed by atoms with Gasteiger partial charge in [0.25, 0.3) is 10.0 Å². The Bertz CT molecular complexity index is 1450. The molecule has 0 bridgehead atoms. The summed E-state index contributed by atoms with van der Waals surface area (Å²) in [6, 6.07) is 17.5. The molecule has 1 N–H and O–H groups in total. The number of hydrogen-bond donors (Lipinski definition) is 1. The average molecular weight is 605 g/mol. The Kier molecular flexibility index (Phi) is 11.0. The zero-order valence-corrected chi connectivity index (χ0v) is 25.5. The summed E-state index contributed by atoms with van der Waals surface area (Å²) in [5.41, 5.74) is 2.68. The maximum Gasteiger partial charge on any atom is 0.264 e. The smallest absolute Gasteiger partial charge is 0.264 e. The Labute approximate surface area is 247 Å². The number of amides is 2. The zero-order chi connectivity index (χ0) is 29.4. The quantitative estimate of drug-likeness (QED) is 0.269. The topological polar surface area (TPSA) is 86.8 Å². The molecule has 2 amide bonds. The molecular weight excluding hydrogens is 569 g/mol. The van der Waals surface area contributed by atoms with E-state index in [2.05, 4.69) is 5.32 Å². The zero-order valence-electron chi connectivity index (χ0n) is 23.2. The van der Waals surface area contributed by atoms with Crippen LogP contribution < -0.4 is 9.62 Å². The predicted molar refractivity (Wildman–Crippen MR) is 161 cm³/mol. The molecule has 214 valence electrons. The molecule has 0 heterocycles. The maximum atomic E-state index is 14.1. The number of carbonyl (C=O) groups excluding carboxylic acids is 2. The molecule has 0 aliphatic carbocycles. The van der Waals surface area contributed by atoms with Crippen LogP contribution in [0.4, 0.5) is 5.69 Å². The van der Waals surface area contributed by atoms with Crippen molar-refractivity contribution in [2.24, 2.45) is 0 Å². The number of halogens is 2. The maximum absolute atomic E-state index is 14.1. The van der Waals surface area contributed by atoms with Gasteiger partial charge in [0.15, 0.2) is 0 Å². The van der Waals surface area contributed by atoms with Gasteiger partial charge in [0, 0.05) is 13.1 Å². The molecule has 7 nitrogen and oxygen atoms in total. The first kappa shape index (κ1) is 31.5. The molecule has 0 aromatic heterocycles. The van der Waals surface area contributed by atoms with E-state index in [0.29, 0.717) is 34.3 Å². The fraction of sp³-hybridized carbons (Fsp3) is 0.333. The third-order valence-corrected chi connectivity index (χ3v) is 9.24. The van der Waals surface area contributed by atoms with Crippen molar-refractivity contribution in [3.05, 3.63) is 93.5 Å². The van der Waals surface area contributed by atoms with Crippen molar-refractivity contribution in [2.75, 3.05) is 17.4 Å². The van der Waals surface area contributed by atoms with Gasteiger partial charge in [-0.2, -0.15) is 0 Å². The molecule has 10 heteroatoms. The van der Waals surface area contributed by atoms with Gasteiger partial charge >= 0.3 is 0 Å². The van der Waals surface area contributed by atoms with Crippen LogP contribution in [0.5, 0.6) is 0 Å². The van der Waals surface area contributed by atoms with Gasteiger partial charge in [0.05, 0.1) is 20.6 Å². The standard InChI is InChI=1S/C30H35Cl2N3O4S/c1-5-17-33-30(37)27(6-2)34(19-23-15-16-25(31)26(32)18-23)29(36)20-35(28-14-10-11-21(3)22(28)4)40(38,39)24-12-8-7-9-13-24/h7-16,18,27H,5-6,17,19-20H2,1-4H3,(H,33,37). The van der Waals surface area contributed by atoms with Crippen LogP contribution in [0.3, 0.4) is 0 Å². The normalized spacial score (nSPS) is 12.1. The minimum absolute atomic E-state index is 0.0415. The lowest BCUT2D eigenvalue weighted by Crippen LogP contribution is -2.52. The summed E-state index contributed by atoms with van der Waals surface area (Å²) < 4.78 is 29.0. The molecule has 40 heavy (non-hydrogen) atoms. The molecule has 1 unspecified atom stereocenters. The van der Waals surface area contributed by atoms with Crippen molar-refractivity contribution in [3.8, 4) is 0 Å². The van der Waals surface area contributed by atoms with Gasteiger partial charge in [-0.25, -0.2) is 8.42 Å². The SMILES string of the molecule is CCCNC(=O)C(CC)N(Cc1ccc(Cl)c(Cl)c1)C(=O)CN(c1cccc(C)c1C)S(=O)(=O)c1ccccc1. The van der Waals surface area contributed by atoms with E-state index in [-0.39, 0.29) is 17.3 Å². The lowest BCUT2D eigenvalue weighted by molar-refractivity contribution is -0.140. The molecule has 3 rings (SSSR count). The number of rotatable bonds is 12. The molecular formula is C30H35Cl2N3O4S. The van der Waals surface area contributed by atoms with Crippen LogP contribution in [0.25, 0.3) is 0 Å². The van der Waals surface area contributed by atoms with Crippen molar-refractivity contribution in [1.29, 1.82) is 0 Å². The van der Waals surface area contributed by atoms with Crippen LogP contribution in [0, 0.1) is 13.8 Å². The van der Waals surface area contributed by atoms with E-state index in [1.54, 1.807) is 48.5 Å². The first-order chi connectivity index (χ1) is 19.0. The van der Waals surface area contributed by atoms with Crippen LogP contribution in [0.1, 0.15) is 43.4 Å². The molecule has 1 atom stereocenters. The van der Waals surface area contributed by atoms with E-state index in [4.69, 9.17) is 23.2 Å². The Morgan fingerprint density at radius 1 is 0.925 bits per heavy atom. The van der Waals surface area contributed by atoms with Gasteiger partial charge in [0.2, 0.25) is 11.8 Å². The van der Waals surface area contributed by atoms with Gasteiger partial charge in [-0.15, -0.1) is 0 Å². The first-order valence-corrected chi connectivity index (χ1v) is 15.4. The second-order valence-electron chi connectivity index (χ2n) is 9.53. The van der Waals surface area contributed by atoms with Gasteiger partial charge in [-0.05, 0) is 73.7 Å². The predicted octanol–water partition coefficient (Wildman–Crippen LogP) is 6.14. The van der Waals surface area contributed by atoms with E-state index < -0.39 is 28.5 Å². The van der Waals surface area contributed by atoms with Crippen LogP contribution in [0.15, 0.2) is 71.6 Å². The summed E-state index contributed by atoms with van der Waals surface area (Å²) in [6.07, 6.45) is 1.07. The van der Waals surface area contributed by atoms with Crippen LogP contribution >= 0.6 is 23.2 Å². The number of sulfonamides is 1. The minimum atomic E-state index is -4.13. The number of anilines is 1. The lowest BCUT2D eigenvalue weighted by Gasteiger charge is -2.33. The Balaban J connectivity index is 2.09. The van der Waals surface area contributed by atoms with E-state index in [1.807, 2.05) is 33.8 Å². The molecule has 3 aromatic rings. The third kappa shape index (κ3) is 7.36. The van der Waals surface area contributed by atoms with Crippen LogP contribution in [0.2, 0.25) is 10.0 Å². The van der Waals surface area contributed by atoms with Gasteiger partial charge in [-0.3, -0.25) is 13.9 Å². The fourth-order valence-corrected chi connectivity index (χ4v) is 6.17. The summed E-state index contributed by atoms with van der Waals surface area (Å²) in [4.78, 5) is 28.8. The van der Waals surface area contributed by atoms with Gasteiger partial charge < -0.3 is 10.2 Å². The van der Waals surface area contributed by atoms with Gasteiger partial charge in [-0.1, -0.05) is 73.4 Å². The van der Waals surface area contributed by atoms with E-state index in [9.17, 15) is 18.0 Å². The Morgan fingerprint density at radius 2 is 1.62 bits per heavy atom. The Hall–Kier alpha value is -3.07. The number of aryl methyl sites for hydroxylation is 1. The summed E-state index contributed by atoms with van der Waals surface area (Å²) in [5.74, 6) is -0.827. The van der Waals surface area contributed by atoms with Crippen molar-refractivity contribution in [1.82, 2.24) is 10.2 Å². The number of benzene rings is 3. The number of hydrogen-bond acceptors (Lipinski definition) is 4. The number of nitrogens with one attached hydrogen (secondary N) is 1. The highest BCUT2D eigenvalue weighted by Gasteiger charge is 2.34. The molecule has 0 aliphatic rings. The van der Waals surface area contributed by atoms with Crippen molar-refractivity contribution in [3.63, 3.8) is 0 Å². The molecule has 0 saturated carbocycles. The van der Waals surface area contributed by atoms with Crippen molar-refractivity contribution >= 4 is 50.7 Å². The molecule has 0 aliphatic heterocycles. The van der Waals surface area contributed by atoms with E-state index in [0.717, 1.165) is 21.9 Å². The number of nitrogens with zero attached hydrogens (tertiary/aromatic N) is 2. The van der Waals surface area contributed by atoms with Crippen LogP contribution in [-0.2, 0) is 26.2 Å². The van der Waals surface area contributed by atoms with Crippen molar-refractivity contribution in [2.45, 2.75) is 58.0 Å². The third-order valence-electron chi connectivity index (χ3n) is 6.73. The first-order valence-electron chi connectivity index (χ1n) is 13.2. The highest BCUT2D eigenvalue weighted by Crippen LogP contribution is 2.29. The summed E-state index contributed by atoms with van der Waals surface area (Å²) in [5, 5.41) is 3.56. The minimum Gasteiger partial charge on any atom is -0.354 e.